The molecule has 0 saturated carbocycles. The van der Waals surface area contributed by atoms with Gasteiger partial charge in [-0.1, -0.05) is 60.7 Å². The topological polar surface area (TPSA) is 53.4 Å². The van der Waals surface area contributed by atoms with E-state index in [1.54, 1.807) is 17.4 Å². The molecule has 0 unspecified atom stereocenters. The highest BCUT2D eigenvalue weighted by molar-refractivity contribution is 7.27. The third-order valence-electron chi connectivity index (χ3n) is 4.98. The second kappa shape index (κ2) is 8.61. The molecular formula is C25H18BNO2S2. The highest BCUT2D eigenvalue weighted by atomic mass is 32.1. The van der Waals surface area contributed by atoms with Crippen molar-refractivity contribution in [1.82, 2.24) is 4.98 Å². The first-order chi connectivity index (χ1) is 15.2. The average Bonchev–Trinajstić information content (AvgIpc) is 3.44. The Kier molecular flexibility index (Phi) is 5.53. The van der Waals surface area contributed by atoms with Crippen molar-refractivity contribution >= 4 is 65.6 Å². The van der Waals surface area contributed by atoms with Gasteiger partial charge in [0.1, 0.15) is 0 Å². The molecule has 3 nitrogen and oxygen atoms in total. The lowest BCUT2D eigenvalue weighted by Gasteiger charge is -1.99. The van der Waals surface area contributed by atoms with Crippen LogP contribution in [0.3, 0.4) is 0 Å². The molecule has 0 aliphatic rings. The van der Waals surface area contributed by atoms with Crippen LogP contribution in [0.1, 0.15) is 0 Å². The van der Waals surface area contributed by atoms with Gasteiger partial charge in [-0.05, 0) is 47.2 Å². The minimum Gasteiger partial charge on any atom is -0.423 e. The minimum atomic E-state index is -1.35. The smallest absolute Gasteiger partial charge is 0.423 e. The molecule has 3 heterocycles. The summed E-state index contributed by atoms with van der Waals surface area (Å²) < 4.78 is 2.99. The number of benzene rings is 3. The van der Waals surface area contributed by atoms with Crippen LogP contribution in [0.4, 0.5) is 0 Å². The summed E-state index contributed by atoms with van der Waals surface area (Å²) in [6, 6.07) is 32.7. The molecule has 0 atom stereocenters. The highest BCUT2D eigenvalue weighted by Gasteiger charge is 2.13. The molecule has 0 aliphatic heterocycles. The summed E-state index contributed by atoms with van der Waals surface area (Å²) in [5.41, 5.74) is 2.11. The maximum Gasteiger partial charge on any atom is 0.499 e. The molecule has 6 heteroatoms. The van der Waals surface area contributed by atoms with E-state index in [1.807, 2.05) is 36.4 Å². The van der Waals surface area contributed by atoms with Crippen molar-refractivity contribution < 1.29 is 10.0 Å². The predicted octanol–water partition coefficient (Wildman–Crippen LogP) is 5.70. The number of para-hydroxylation sites is 1. The van der Waals surface area contributed by atoms with Gasteiger partial charge >= 0.3 is 7.12 Å². The lowest BCUT2D eigenvalue weighted by atomic mass is 9.89. The van der Waals surface area contributed by atoms with Crippen molar-refractivity contribution in [2.24, 2.45) is 0 Å². The number of thiophene rings is 2. The van der Waals surface area contributed by atoms with Crippen LogP contribution >= 0.6 is 22.7 Å². The van der Waals surface area contributed by atoms with Crippen LogP contribution in [0.5, 0.6) is 0 Å². The Balaban J connectivity index is 0.000000147. The molecule has 31 heavy (non-hydrogen) atoms. The lowest BCUT2D eigenvalue weighted by molar-refractivity contribution is 0.427. The van der Waals surface area contributed by atoms with E-state index in [0.29, 0.717) is 4.78 Å². The largest absolute Gasteiger partial charge is 0.499 e. The molecule has 0 radical (unpaired) electrons. The van der Waals surface area contributed by atoms with E-state index in [2.05, 4.69) is 54.6 Å². The normalized spacial score (nSPS) is 10.9. The molecule has 0 aliphatic carbocycles. The number of aromatic nitrogens is 1. The van der Waals surface area contributed by atoms with Crippen LogP contribution in [0, 0.1) is 0 Å². The maximum atomic E-state index is 8.89. The van der Waals surface area contributed by atoms with Crippen molar-refractivity contribution in [3.05, 3.63) is 97.1 Å². The summed E-state index contributed by atoms with van der Waals surface area (Å²) in [6.45, 7) is 0. The molecular weight excluding hydrogens is 421 g/mol. The van der Waals surface area contributed by atoms with E-state index < -0.39 is 7.12 Å². The van der Waals surface area contributed by atoms with E-state index in [4.69, 9.17) is 15.0 Å². The third-order valence-corrected chi connectivity index (χ3v) is 7.27. The number of hydrogen-bond donors (Lipinski definition) is 2. The van der Waals surface area contributed by atoms with Gasteiger partial charge in [0.25, 0.3) is 0 Å². The van der Waals surface area contributed by atoms with Gasteiger partial charge in [-0.15, -0.1) is 22.7 Å². The Morgan fingerprint density at radius 3 is 1.90 bits per heavy atom. The predicted molar refractivity (Wildman–Crippen MR) is 134 cm³/mol. The fourth-order valence-corrected chi connectivity index (χ4v) is 5.41. The number of rotatable bonds is 2. The Bertz CT molecular complexity index is 1420. The lowest BCUT2D eigenvalue weighted by Crippen LogP contribution is -2.26. The maximum absolute atomic E-state index is 8.89. The van der Waals surface area contributed by atoms with Gasteiger partial charge in [0.15, 0.2) is 0 Å². The molecule has 3 aromatic carbocycles. The van der Waals surface area contributed by atoms with Gasteiger partial charge in [0.2, 0.25) is 0 Å². The van der Waals surface area contributed by atoms with Crippen LogP contribution in [0.15, 0.2) is 97.1 Å². The van der Waals surface area contributed by atoms with Gasteiger partial charge in [-0.3, -0.25) is 0 Å². The molecule has 2 N–H and O–H groups in total. The second-order valence-corrected chi connectivity index (χ2v) is 9.30. The average molecular weight is 439 g/mol. The molecule has 0 amide bonds. The summed E-state index contributed by atoms with van der Waals surface area (Å²) in [5, 5.41) is 21.3. The van der Waals surface area contributed by atoms with Gasteiger partial charge in [0.05, 0.1) is 16.1 Å². The van der Waals surface area contributed by atoms with Gasteiger partial charge in [-0.2, -0.15) is 0 Å². The molecule has 150 valence electrons. The van der Waals surface area contributed by atoms with E-state index >= 15 is 0 Å². The molecule has 0 fully saturated rings. The molecule has 3 aromatic heterocycles. The summed E-state index contributed by atoms with van der Waals surface area (Å²) >= 11 is 3.20. The summed E-state index contributed by atoms with van der Waals surface area (Å²) in [4.78, 5) is 5.98. The minimum absolute atomic E-state index is 0.594. The van der Waals surface area contributed by atoms with Crippen molar-refractivity contribution in [2.45, 2.75) is 0 Å². The molecule has 0 bridgehead atoms. The monoisotopic (exact) mass is 439 g/mol. The van der Waals surface area contributed by atoms with Crippen LogP contribution in [-0.2, 0) is 0 Å². The van der Waals surface area contributed by atoms with Crippen LogP contribution in [-0.4, -0.2) is 22.2 Å². The van der Waals surface area contributed by atoms with Crippen molar-refractivity contribution in [2.75, 3.05) is 0 Å². The molecule has 6 aromatic rings. The Morgan fingerprint density at radius 2 is 1.23 bits per heavy atom. The number of pyridine rings is 1. The van der Waals surface area contributed by atoms with E-state index in [1.165, 1.54) is 31.7 Å². The van der Waals surface area contributed by atoms with Crippen LogP contribution < -0.4 is 4.78 Å². The molecule has 0 saturated heterocycles. The fourth-order valence-electron chi connectivity index (χ4n) is 3.44. The molecule has 0 spiro atoms. The number of hydrogen-bond acceptors (Lipinski definition) is 5. The quantitative estimate of drug-likeness (QED) is 0.341. The van der Waals surface area contributed by atoms with Crippen molar-refractivity contribution in [3.8, 4) is 10.6 Å². The fraction of sp³-hybridized carbons (Fsp3) is 0. The zero-order valence-electron chi connectivity index (χ0n) is 16.5. The zero-order valence-corrected chi connectivity index (χ0v) is 18.1. The zero-order chi connectivity index (χ0) is 21.2. The summed E-state index contributed by atoms with van der Waals surface area (Å²) in [7, 11) is -1.35. The SMILES string of the molecule is OB(O)c1cc2ccccc2s1.c1ccc2nc(-c3cc4ccccc4s3)ccc2c1. The van der Waals surface area contributed by atoms with Gasteiger partial charge in [-0.25, -0.2) is 4.98 Å². The van der Waals surface area contributed by atoms with Crippen LogP contribution in [0.25, 0.3) is 41.6 Å². The number of nitrogens with zero attached hydrogens (tertiary/aromatic N) is 1. The Morgan fingerprint density at radius 1 is 0.613 bits per heavy atom. The first-order valence-electron chi connectivity index (χ1n) is 9.87. The van der Waals surface area contributed by atoms with Gasteiger partial charge in [0, 0.05) is 19.6 Å². The van der Waals surface area contributed by atoms with Crippen molar-refractivity contribution in [1.29, 1.82) is 0 Å². The Hall–Kier alpha value is -3.03. The van der Waals surface area contributed by atoms with E-state index in [0.717, 1.165) is 21.3 Å². The molecule has 6 rings (SSSR count). The van der Waals surface area contributed by atoms with E-state index in [-0.39, 0.29) is 0 Å². The standard InChI is InChI=1S/C17H11NS.C8H7BO2S/c1-3-7-14-12(5-1)9-10-15(18-14)17-11-13-6-2-4-8-16(13)19-17;10-9(11)8-5-6-3-1-2-4-7(6)12-8/h1-11H;1-5,10-11H. The summed E-state index contributed by atoms with van der Waals surface area (Å²) in [5.74, 6) is 0. The first-order valence-corrected chi connectivity index (χ1v) is 11.5. The number of fused-ring (bicyclic) bond motifs is 3. The first kappa shape index (κ1) is 19.9. The third kappa shape index (κ3) is 4.24. The van der Waals surface area contributed by atoms with E-state index in [9.17, 15) is 0 Å². The summed E-state index contributed by atoms with van der Waals surface area (Å²) in [6.07, 6.45) is 0. The highest BCUT2D eigenvalue weighted by Crippen LogP contribution is 2.33. The second-order valence-electron chi connectivity index (χ2n) is 7.10. The van der Waals surface area contributed by atoms with Crippen molar-refractivity contribution in [3.63, 3.8) is 0 Å². The van der Waals surface area contributed by atoms with Crippen LogP contribution in [0.2, 0.25) is 0 Å². The Labute approximate surface area is 188 Å². The van der Waals surface area contributed by atoms with Gasteiger partial charge < -0.3 is 10.0 Å².